The van der Waals surface area contributed by atoms with Crippen LogP contribution in [0.15, 0.2) is 60.7 Å². The number of aromatic nitrogens is 1. The molecule has 0 saturated heterocycles. The maximum Gasteiger partial charge on any atom is 0.110 e. The lowest BCUT2D eigenvalue weighted by Gasteiger charge is -2.29. The number of nitrogens with one attached hydrogen (secondary N) is 1. The normalized spacial score (nSPS) is 14.2. The van der Waals surface area contributed by atoms with Crippen LogP contribution in [0.5, 0.6) is 0 Å². The Hall–Kier alpha value is -2.74. The molecular formula is C23H22N2. The third-order valence-electron chi connectivity index (χ3n) is 5.56. The highest BCUT2D eigenvalue weighted by Gasteiger charge is 2.22. The van der Waals surface area contributed by atoms with Gasteiger partial charge in [0, 0.05) is 29.6 Å². The van der Waals surface area contributed by atoms with Gasteiger partial charge < -0.3 is 9.88 Å². The van der Waals surface area contributed by atoms with Crippen LogP contribution in [0.25, 0.3) is 21.7 Å². The van der Waals surface area contributed by atoms with Crippen LogP contribution in [0.3, 0.4) is 0 Å². The zero-order valence-electron chi connectivity index (χ0n) is 14.5. The van der Waals surface area contributed by atoms with E-state index in [9.17, 15) is 0 Å². The molecule has 0 aliphatic carbocycles. The van der Waals surface area contributed by atoms with E-state index in [1.165, 1.54) is 57.0 Å². The number of benzene rings is 3. The van der Waals surface area contributed by atoms with E-state index < -0.39 is 0 Å². The summed E-state index contributed by atoms with van der Waals surface area (Å²) < 4.78 is 0. The van der Waals surface area contributed by atoms with Crippen LogP contribution in [-0.4, -0.2) is 11.5 Å². The first-order chi connectivity index (χ1) is 12.3. The minimum Gasteiger partial charge on any atom is -0.354 e. The summed E-state index contributed by atoms with van der Waals surface area (Å²) >= 11 is 0. The summed E-state index contributed by atoms with van der Waals surface area (Å²) in [5, 5.41) is 4.13. The number of hydrogen-bond donors (Lipinski definition) is 1. The van der Waals surface area contributed by atoms with E-state index >= 15 is 0 Å². The van der Waals surface area contributed by atoms with Crippen molar-refractivity contribution in [3.05, 3.63) is 77.4 Å². The lowest BCUT2D eigenvalue weighted by atomic mass is 9.98. The zero-order valence-corrected chi connectivity index (χ0v) is 14.5. The molecule has 0 unspecified atom stereocenters. The lowest BCUT2D eigenvalue weighted by molar-refractivity contribution is 0.689. The molecular weight excluding hydrogens is 304 g/mol. The number of anilines is 1. The summed E-state index contributed by atoms with van der Waals surface area (Å²) in [6.07, 6.45) is 2.39. The summed E-state index contributed by atoms with van der Waals surface area (Å²) in [5.74, 6) is 1.32. The Morgan fingerprint density at radius 1 is 0.880 bits per heavy atom. The first-order valence-corrected chi connectivity index (χ1v) is 9.13. The van der Waals surface area contributed by atoms with Crippen molar-refractivity contribution in [1.82, 2.24) is 4.98 Å². The molecule has 0 spiro atoms. The SMILES string of the molecule is Cc1ccc(CN2CCCc3c2[nH]c2ccccc32)c2ccccc12. The second kappa shape index (κ2) is 5.66. The van der Waals surface area contributed by atoms with Crippen molar-refractivity contribution in [2.45, 2.75) is 26.3 Å². The molecule has 4 aromatic rings. The molecule has 1 aliphatic rings. The molecule has 0 fully saturated rings. The van der Waals surface area contributed by atoms with Crippen LogP contribution in [0.1, 0.15) is 23.1 Å². The minimum absolute atomic E-state index is 0.959. The molecule has 0 radical (unpaired) electrons. The summed E-state index contributed by atoms with van der Waals surface area (Å²) in [4.78, 5) is 6.20. The highest BCUT2D eigenvalue weighted by molar-refractivity contribution is 5.91. The number of nitrogens with zero attached hydrogens (tertiary/aromatic N) is 1. The van der Waals surface area contributed by atoms with Gasteiger partial charge in [0.1, 0.15) is 5.82 Å². The highest BCUT2D eigenvalue weighted by Crippen LogP contribution is 2.35. The monoisotopic (exact) mass is 326 g/mol. The summed E-state index contributed by atoms with van der Waals surface area (Å²) in [6, 6.07) is 22.0. The summed E-state index contributed by atoms with van der Waals surface area (Å²) in [7, 11) is 0. The Morgan fingerprint density at radius 3 is 2.52 bits per heavy atom. The molecule has 2 heteroatoms. The number of H-pyrrole nitrogens is 1. The van der Waals surface area contributed by atoms with Gasteiger partial charge in [-0.25, -0.2) is 0 Å². The average Bonchev–Trinajstić information content (AvgIpc) is 3.04. The van der Waals surface area contributed by atoms with Gasteiger partial charge in [0.15, 0.2) is 0 Å². The van der Waals surface area contributed by atoms with Crippen LogP contribution < -0.4 is 4.90 Å². The summed E-state index contributed by atoms with van der Waals surface area (Å²) in [5.41, 5.74) is 5.50. The maximum absolute atomic E-state index is 3.67. The fraction of sp³-hybridized carbons (Fsp3) is 0.217. The standard InChI is InChI=1S/C23H22N2/c1-16-12-13-17(19-8-3-2-7-18(16)19)15-25-14-6-10-21-20-9-4-5-11-22(20)24-23(21)25/h2-5,7-9,11-13,24H,6,10,14-15H2,1H3. The van der Waals surface area contributed by atoms with E-state index in [1.807, 2.05) is 0 Å². The van der Waals surface area contributed by atoms with E-state index in [-0.39, 0.29) is 0 Å². The molecule has 2 heterocycles. The zero-order chi connectivity index (χ0) is 16.8. The fourth-order valence-corrected chi connectivity index (χ4v) is 4.28. The van der Waals surface area contributed by atoms with Gasteiger partial charge in [-0.2, -0.15) is 0 Å². The van der Waals surface area contributed by atoms with Gasteiger partial charge >= 0.3 is 0 Å². The smallest absolute Gasteiger partial charge is 0.110 e. The molecule has 0 amide bonds. The van der Waals surface area contributed by atoms with E-state index in [4.69, 9.17) is 0 Å². The lowest BCUT2D eigenvalue weighted by Crippen LogP contribution is -2.28. The molecule has 1 aliphatic heterocycles. The van der Waals surface area contributed by atoms with Crippen molar-refractivity contribution < 1.29 is 0 Å². The molecule has 0 atom stereocenters. The molecule has 1 aromatic heterocycles. The molecule has 0 saturated carbocycles. The Morgan fingerprint density at radius 2 is 1.64 bits per heavy atom. The van der Waals surface area contributed by atoms with Crippen molar-refractivity contribution in [3.8, 4) is 0 Å². The average molecular weight is 326 g/mol. The molecule has 124 valence electrons. The molecule has 5 rings (SSSR count). The van der Waals surface area contributed by atoms with E-state index in [0.717, 1.165) is 13.1 Å². The van der Waals surface area contributed by atoms with E-state index in [2.05, 4.69) is 77.5 Å². The second-order valence-electron chi connectivity index (χ2n) is 7.11. The molecule has 2 nitrogen and oxygen atoms in total. The minimum atomic E-state index is 0.959. The Balaban J connectivity index is 1.60. The fourth-order valence-electron chi connectivity index (χ4n) is 4.28. The van der Waals surface area contributed by atoms with Gasteiger partial charge in [0.05, 0.1) is 0 Å². The number of rotatable bonds is 2. The van der Waals surface area contributed by atoms with Crippen LogP contribution in [0.4, 0.5) is 5.82 Å². The maximum atomic E-state index is 3.67. The van der Waals surface area contributed by atoms with Crippen molar-refractivity contribution in [2.24, 2.45) is 0 Å². The third kappa shape index (κ3) is 2.32. The van der Waals surface area contributed by atoms with Crippen LogP contribution in [0.2, 0.25) is 0 Å². The van der Waals surface area contributed by atoms with Crippen molar-refractivity contribution in [2.75, 3.05) is 11.4 Å². The van der Waals surface area contributed by atoms with Crippen molar-refractivity contribution in [3.63, 3.8) is 0 Å². The van der Waals surface area contributed by atoms with Crippen molar-refractivity contribution >= 4 is 27.5 Å². The van der Waals surface area contributed by atoms with Gasteiger partial charge in [-0.3, -0.25) is 0 Å². The molecule has 1 N–H and O–H groups in total. The first-order valence-electron chi connectivity index (χ1n) is 9.13. The van der Waals surface area contributed by atoms with E-state index in [1.54, 1.807) is 0 Å². The van der Waals surface area contributed by atoms with E-state index in [0.29, 0.717) is 0 Å². The largest absolute Gasteiger partial charge is 0.354 e. The number of hydrogen-bond acceptors (Lipinski definition) is 1. The Labute approximate surface area is 148 Å². The van der Waals surface area contributed by atoms with Crippen LogP contribution in [-0.2, 0) is 13.0 Å². The highest BCUT2D eigenvalue weighted by atomic mass is 15.2. The number of aromatic amines is 1. The number of fused-ring (bicyclic) bond motifs is 4. The predicted molar refractivity (Wildman–Crippen MR) is 106 cm³/mol. The number of para-hydroxylation sites is 1. The second-order valence-corrected chi connectivity index (χ2v) is 7.11. The van der Waals surface area contributed by atoms with Crippen LogP contribution in [0, 0.1) is 6.92 Å². The summed E-state index contributed by atoms with van der Waals surface area (Å²) in [6.45, 7) is 4.27. The number of aryl methyl sites for hydroxylation is 2. The molecule has 25 heavy (non-hydrogen) atoms. The van der Waals surface area contributed by atoms with Gasteiger partial charge in [0.2, 0.25) is 0 Å². The topological polar surface area (TPSA) is 19.0 Å². The quantitative estimate of drug-likeness (QED) is 0.509. The third-order valence-corrected chi connectivity index (χ3v) is 5.56. The van der Waals surface area contributed by atoms with Crippen molar-refractivity contribution in [1.29, 1.82) is 0 Å². The van der Waals surface area contributed by atoms with Gasteiger partial charge in [-0.15, -0.1) is 0 Å². The molecule has 3 aromatic carbocycles. The van der Waals surface area contributed by atoms with Gasteiger partial charge in [0.25, 0.3) is 0 Å². The Kier molecular flexibility index (Phi) is 3.30. The predicted octanol–water partition coefficient (Wildman–Crippen LogP) is 5.58. The molecule has 0 bridgehead atoms. The Bertz CT molecular complexity index is 1070. The van der Waals surface area contributed by atoms with Gasteiger partial charge in [-0.05, 0) is 47.7 Å². The van der Waals surface area contributed by atoms with Gasteiger partial charge in [-0.1, -0.05) is 54.6 Å². The van der Waals surface area contributed by atoms with Crippen LogP contribution >= 0.6 is 0 Å². The first kappa shape index (κ1) is 14.6.